The third-order valence-corrected chi connectivity index (χ3v) is 1.89. The molecule has 16 heavy (non-hydrogen) atoms. The molecule has 0 spiro atoms. The number of aromatic nitrogens is 2. The lowest BCUT2D eigenvalue weighted by atomic mass is 10.3. The summed E-state index contributed by atoms with van der Waals surface area (Å²) in [4.78, 5) is 11.3. The van der Waals surface area contributed by atoms with E-state index in [1.165, 1.54) is 0 Å². The van der Waals surface area contributed by atoms with E-state index in [1.807, 2.05) is 0 Å². The van der Waals surface area contributed by atoms with Crippen molar-refractivity contribution in [3.05, 3.63) is 11.8 Å². The Labute approximate surface area is 93.3 Å². The summed E-state index contributed by atoms with van der Waals surface area (Å²) in [5, 5.41) is 8.98. The number of aromatic amines is 1. The Hall–Kier alpha value is -1.60. The van der Waals surface area contributed by atoms with Gasteiger partial charge in [-0.1, -0.05) is 0 Å². The van der Waals surface area contributed by atoms with Crippen LogP contribution in [0.15, 0.2) is 6.20 Å². The third-order valence-electron chi connectivity index (χ3n) is 1.89. The number of hydrogen-bond donors (Lipinski definition) is 3. The van der Waals surface area contributed by atoms with Crippen LogP contribution in [0.2, 0.25) is 0 Å². The van der Waals surface area contributed by atoms with Crippen LogP contribution in [0.4, 0.5) is 5.82 Å². The molecule has 1 aromatic heterocycles. The van der Waals surface area contributed by atoms with Gasteiger partial charge in [0, 0.05) is 19.2 Å². The molecule has 0 radical (unpaired) electrons. The minimum absolute atomic E-state index is 0.0150. The Bertz CT molecular complexity index is 326. The highest BCUT2D eigenvalue weighted by molar-refractivity contribution is 5.77. The van der Waals surface area contributed by atoms with Gasteiger partial charge in [-0.3, -0.25) is 9.89 Å². The van der Waals surface area contributed by atoms with Crippen LogP contribution in [-0.2, 0) is 20.8 Å². The zero-order valence-corrected chi connectivity index (χ0v) is 9.16. The Morgan fingerprint density at radius 3 is 3.06 bits per heavy atom. The number of carbonyl (C=O) groups is 1. The first-order valence-electron chi connectivity index (χ1n) is 4.85. The fraction of sp³-hybridized carbons (Fsp3) is 0.556. The number of nitrogens with one attached hydrogen (secondary N) is 2. The van der Waals surface area contributed by atoms with Crippen LogP contribution in [0.1, 0.15) is 5.56 Å². The van der Waals surface area contributed by atoms with E-state index in [9.17, 15) is 4.79 Å². The molecule has 1 rings (SSSR count). The SMILES string of the molecule is COCCOCC(=O)NCc1cn[nH]c1N. The molecule has 0 saturated heterocycles. The molecule has 90 valence electrons. The molecule has 0 aliphatic rings. The number of hydrogen-bond acceptors (Lipinski definition) is 5. The van der Waals surface area contributed by atoms with Gasteiger partial charge in [-0.25, -0.2) is 0 Å². The minimum Gasteiger partial charge on any atom is -0.384 e. The number of nitrogens with zero attached hydrogens (tertiary/aromatic N) is 1. The number of methoxy groups -OCH3 is 1. The van der Waals surface area contributed by atoms with Crippen molar-refractivity contribution in [2.75, 3.05) is 32.7 Å². The quantitative estimate of drug-likeness (QED) is 0.534. The second-order valence-corrected chi connectivity index (χ2v) is 3.13. The van der Waals surface area contributed by atoms with Crippen molar-refractivity contribution in [2.45, 2.75) is 6.54 Å². The molecule has 0 bridgehead atoms. The monoisotopic (exact) mass is 228 g/mol. The van der Waals surface area contributed by atoms with Gasteiger partial charge in [0.15, 0.2) is 0 Å². The maximum atomic E-state index is 11.3. The maximum absolute atomic E-state index is 11.3. The van der Waals surface area contributed by atoms with Gasteiger partial charge >= 0.3 is 0 Å². The fourth-order valence-corrected chi connectivity index (χ4v) is 1.01. The highest BCUT2D eigenvalue weighted by Crippen LogP contribution is 2.04. The molecule has 0 atom stereocenters. The lowest BCUT2D eigenvalue weighted by Gasteiger charge is -2.05. The van der Waals surface area contributed by atoms with E-state index in [1.54, 1.807) is 13.3 Å². The normalized spacial score (nSPS) is 10.3. The number of amides is 1. The topological polar surface area (TPSA) is 102 Å². The van der Waals surface area contributed by atoms with Crippen molar-refractivity contribution in [3.8, 4) is 0 Å². The Balaban J connectivity index is 2.13. The van der Waals surface area contributed by atoms with E-state index in [0.29, 0.717) is 25.6 Å². The molecule has 0 aliphatic carbocycles. The number of nitrogens with two attached hydrogens (primary N) is 1. The van der Waals surface area contributed by atoms with Crippen LogP contribution in [0.25, 0.3) is 0 Å². The summed E-state index contributed by atoms with van der Waals surface area (Å²) in [6, 6.07) is 0. The van der Waals surface area contributed by atoms with Crippen LogP contribution in [0, 0.1) is 0 Å². The van der Waals surface area contributed by atoms with E-state index in [4.69, 9.17) is 15.2 Å². The van der Waals surface area contributed by atoms with Crippen LogP contribution >= 0.6 is 0 Å². The molecule has 4 N–H and O–H groups in total. The van der Waals surface area contributed by atoms with Gasteiger partial charge in [-0.2, -0.15) is 5.10 Å². The van der Waals surface area contributed by atoms with E-state index in [2.05, 4.69) is 15.5 Å². The van der Waals surface area contributed by atoms with Crippen molar-refractivity contribution >= 4 is 11.7 Å². The van der Waals surface area contributed by atoms with Gasteiger partial charge in [0.2, 0.25) is 5.91 Å². The molecule has 1 aromatic rings. The molecule has 0 aliphatic heterocycles. The van der Waals surface area contributed by atoms with Gasteiger partial charge in [-0.05, 0) is 0 Å². The van der Waals surface area contributed by atoms with E-state index >= 15 is 0 Å². The zero-order valence-electron chi connectivity index (χ0n) is 9.16. The summed E-state index contributed by atoms with van der Waals surface area (Å²) < 4.78 is 9.82. The van der Waals surface area contributed by atoms with E-state index in [-0.39, 0.29) is 12.5 Å². The summed E-state index contributed by atoms with van der Waals surface area (Å²) in [5.41, 5.74) is 6.30. The fourth-order valence-electron chi connectivity index (χ4n) is 1.01. The second-order valence-electron chi connectivity index (χ2n) is 3.13. The first-order chi connectivity index (χ1) is 7.74. The largest absolute Gasteiger partial charge is 0.384 e. The van der Waals surface area contributed by atoms with Crippen molar-refractivity contribution in [3.63, 3.8) is 0 Å². The number of carbonyl (C=O) groups excluding carboxylic acids is 1. The first-order valence-corrected chi connectivity index (χ1v) is 4.85. The molecule has 1 heterocycles. The molecule has 7 nitrogen and oxygen atoms in total. The molecule has 0 fully saturated rings. The summed E-state index contributed by atoms with van der Waals surface area (Å²) in [7, 11) is 1.57. The molecule has 0 unspecified atom stereocenters. The predicted octanol–water partition coefficient (Wildman–Crippen LogP) is -0.729. The van der Waals surface area contributed by atoms with E-state index < -0.39 is 0 Å². The maximum Gasteiger partial charge on any atom is 0.246 e. The molecule has 7 heteroatoms. The van der Waals surface area contributed by atoms with Crippen LogP contribution in [0.3, 0.4) is 0 Å². The molecular weight excluding hydrogens is 212 g/mol. The van der Waals surface area contributed by atoms with Crippen molar-refractivity contribution < 1.29 is 14.3 Å². The number of anilines is 1. The van der Waals surface area contributed by atoms with Gasteiger partial charge in [0.05, 0.1) is 19.4 Å². The molecular formula is C9H16N4O3. The van der Waals surface area contributed by atoms with Crippen molar-refractivity contribution in [1.82, 2.24) is 15.5 Å². The van der Waals surface area contributed by atoms with Crippen molar-refractivity contribution in [2.24, 2.45) is 0 Å². The van der Waals surface area contributed by atoms with Crippen LogP contribution in [-0.4, -0.2) is 43.0 Å². The standard InChI is InChI=1S/C9H16N4O3/c1-15-2-3-16-6-8(14)11-4-7-5-12-13-9(7)10/h5H,2-4,6H2,1H3,(H,11,14)(H3,10,12,13). The minimum atomic E-state index is -0.197. The zero-order chi connectivity index (χ0) is 11.8. The Morgan fingerprint density at radius 1 is 1.62 bits per heavy atom. The average Bonchev–Trinajstić information content (AvgIpc) is 2.67. The van der Waals surface area contributed by atoms with Crippen LogP contribution < -0.4 is 11.1 Å². The predicted molar refractivity (Wildman–Crippen MR) is 57.5 cm³/mol. The lowest BCUT2D eigenvalue weighted by Crippen LogP contribution is -2.27. The summed E-state index contributed by atoms with van der Waals surface area (Å²) in [5.74, 6) is 0.261. The highest BCUT2D eigenvalue weighted by Gasteiger charge is 2.04. The first kappa shape index (κ1) is 12.5. The second kappa shape index (κ2) is 6.81. The average molecular weight is 228 g/mol. The third kappa shape index (κ3) is 4.28. The summed E-state index contributed by atoms with van der Waals surface area (Å²) in [6.45, 7) is 1.23. The Kier molecular flexibility index (Phi) is 5.30. The van der Waals surface area contributed by atoms with E-state index in [0.717, 1.165) is 5.56 Å². The Morgan fingerprint density at radius 2 is 2.44 bits per heavy atom. The van der Waals surface area contributed by atoms with Gasteiger partial charge in [0.25, 0.3) is 0 Å². The van der Waals surface area contributed by atoms with Gasteiger partial charge in [0.1, 0.15) is 12.4 Å². The molecule has 0 aromatic carbocycles. The number of ether oxygens (including phenoxy) is 2. The van der Waals surface area contributed by atoms with Gasteiger partial charge in [-0.15, -0.1) is 0 Å². The lowest BCUT2D eigenvalue weighted by molar-refractivity contribution is -0.126. The number of H-pyrrole nitrogens is 1. The van der Waals surface area contributed by atoms with Gasteiger partial charge < -0.3 is 20.5 Å². The van der Waals surface area contributed by atoms with Crippen LogP contribution in [0.5, 0.6) is 0 Å². The highest BCUT2D eigenvalue weighted by atomic mass is 16.5. The molecule has 1 amide bonds. The summed E-state index contributed by atoms with van der Waals surface area (Å²) >= 11 is 0. The number of rotatable bonds is 7. The smallest absolute Gasteiger partial charge is 0.246 e. The number of nitrogen functional groups attached to an aromatic ring is 1. The van der Waals surface area contributed by atoms with Crippen molar-refractivity contribution in [1.29, 1.82) is 0 Å². The molecule has 0 saturated carbocycles. The summed E-state index contributed by atoms with van der Waals surface area (Å²) in [6.07, 6.45) is 1.57.